The zero-order valence-electron chi connectivity index (χ0n) is 13.2. The molecule has 8 heteroatoms. The number of halogens is 3. The normalized spacial score (nSPS) is 12.2. The van der Waals surface area contributed by atoms with E-state index in [1.165, 1.54) is 38.5 Å². The van der Waals surface area contributed by atoms with E-state index in [1.807, 2.05) is 0 Å². The van der Waals surface area contributed by atoms with Gasteiger partial charge in [0.25, 0.3) is 0 Å². The Hall–Kier alpha value is 0.499. The maximum Gasteiger partial charge on any atom is 0.485 e. The smallest absolute Gasteiger partial charge is 0.485 e. The molecule has 0 aliphatic heterocycles. The predicted molar refractivity (Wildman–Crippen MR) is 82.0 cm³/mol. The third-order valence-corrected chi connectivity index (χ3v) is 14.2. The molecule has 0 saturated carbocycles. The van der Waals surface area contributed by atoms with Crippen LogP contribution in [0.25, 0.3) is 0 Å². The Bertz CT molecular complexity index is 313. The molecule has 0 aromatic heterocycles. The fourth-order valence-corrected chi connectivity index (χ4v) is 12.8. The van der Waals surface area contributed by atoms with Gasteiger partial charge in [0.1, 0.15) is 0 Å². The van der Waals surface area contributed by atoms with Gasteiger partial charge in [-0.2, -0.15) is 13.2 Å². The molecule has 0 fully saturated rings. The summed E-state index contributed by atoms with van der Waals surface area (Å²) in [6.07, 6.45) is 8.87. The van der Waals surface area contributed by atoms with Crippen LogP contribution in [-0.4, -0.2) is 38.2 Å². The summed E-state index contributed by atoms with van der Waals surface area (Å²) < 4.78 is 64.0. The number of rotatable bonds is 9. The van der Waals surface area contributed by atoms with Crippen molar-refractivity contribution in [1.29, 1.82) is 0 Å². The van der Waals surface area contributed by atoms with E-state index in [9.17, 15) is 13.2 Å². The second-order valence-corrected chi connectivity index (χ2v) is 16.5. The van der Waals surface area contributed by atoms with E-state index in [-0.39, 0.29) is 0 Å². The van der Waals surface area contributed by atoms with Crippen molar-refractivity contribution < 1.29 is 26.1 Å². The summed E-state index contributed by atoms with van der Waals surface area (Å²) in [5.41, 5.74) is -5.65. The van der Waals surface area contributed by atoms with Crippen molar-refractivity contribution >= 4 is 29.9 Å². The van der Waals surface area contributed by atoms with E-state index in [0.717, 1.165) is 0 Å². The van der Waals surface area contributed by atoms with Crippen molar-refractivity contribution in [2.45, 2.75) is 78.1 Å². The Morgan fingerprint density at radius 2 is 1.10 bits per heavy atom. The molecule has 0 aromatic rings. The van der Waals surface area contributed by atoms with Gasteiger partial charge in [-0.3, -0.25) is 0 Å². The van der Waals surface area contributed by atoms with Gasteiger partial charge in [0, 0.05) is 0 Å². The Balaban J connectivity index is 0. The zero-order valence-corrected chi connectivity index (χ0v) is 17.3. The van der Waals surface area contributed by atoms with E-state index in [1.54, 1.807) is 13.3 Å². The summed E-state index contributed by atoms with van der Waals surface area (Å²) in [5.74, 6) is 0. The van der Waals surface area contributed by atoms with E-state index >= 15 is 0 Å². The average Bonchev–Trinajstić information content (AvgIpc) is 2.36. The molecular weight excluding hydrogens is 412 g/mol. The molecule has 0 amide bonds. The monoisotopic (exact) mass is 441 g/mol. The number of alkyl halides is 3. The molecule has 0 saturated heterocycles. The van der Waals surface area contributed by atoms with Crippen molar-refractivity contribution in [2.24, 2.45) is 0 Å². The van der Waals surface area contributed by atoms with Crippen LogP contribution in [0.1, 0.15) is 59.3 Å². The standard InChI is InChI=1S/3C4H9.CHF3O3S.Sn.H/c3*1-3-4-2;2-1(3,4)8(5,6)7;;/h3*1,3-4H2,2H3;(H,5,6,7);;/p-1. The predicted octanol–water partition coefficient (Wildman–Crippen LogP) is 4.67. The molecule has 0 unspecified atom stereocenters. The molecule has 0 rings (SSSR count). The largest absolute Gasteiger partial charge is 0.741 e. The van der Waals surface area contributed by atoms with Crippen LogP contribution in [-0.2, 0) is 10.1 Å². The molecule has 0 radical (unpaired) electrons. The summed E-state index contributed by atoms with van der Waals surface area (Å²) in [4.78, 5) is 0. The van der Waals surface area contributed by atoms with Gasteiger partial charge < -0.3 is 4.55 Å². The van der Waals surface area contributed by atoms with Crippen LogP contribution in [0.15, 0.2) is 0 Å². The Morgan fingerprint density at radius 3 is 1.24 bits per heavy atom. The van der Waals surface area contributed by atoms with Gasteiger partial charge in [-0.1, -0.05) is 0 Å². The number of hydrogen-bond donors (Lipinski definition) is 0. The molecule has 0 atom stereocenters. The summed E-state index contributed by atoms with van der Waals surface area (Å²) in [7, 11) is -6.09. The molecule has 0 bridgehead atoms. The van der Waals surface area contributed by atoms with Crippen molar-refractivity contribution in [2.75, 3.05) is 0 Å². The zero-order chi connectivity index (χ0) is 16.9. The first-order valence-corrected chi connectivity index (χ1v) is 16.0. The minimum absolute atomic E-state index is 0.967. The van der Waals surface area contributed by atoms with Crippen molar-refractivity contribution in [3.63, 3.8) is 0 Å². The summed E-state index contributed by atoms with van der Waals surface area (Å²) in [5, 5.41) is 0. The molecule has 130 valence electrons. The van der Waals surface area contributed by atoms with E-state index < -0.39 is 35.4 Å². The average molecular weight is 440 g/mol. The first kappa shape index (κ1) is 23.8. The van der Waals surface area contributed by atoms with Crippen LogP contribution < -0.4 is 0 Å². The fourth-order valence-electron chi connectivity index (χ4n) is 1.91. The topological polar surface area (TPSA) is 57.2 Å². The van der Waals surface area contributed by atoms with Gasteiger partial charge in [-0.05, 0) is 0 Å². The number of hydrogen-bond acceptors (Lipinski definition) is 3. The molecule has 21 heavy (non-hydrogen) atoms. The van der Waals surface area contributed by atoms with Gasteiger partial charge in [0.05, 0.1) is 0 Å². The second-order valence-electron chi connectivity index (χ2n) is 5.19. The molecule has 0 aliphatic carbocycles. The molecule has 0 heterocycles. The molecular formula is C13H28F3O3SSn-. The van der Waals surface area contributed by atoms with Crippen LogP contribution in [0, 0.1) is 0 Å². The molecule has 0 aliphatic rings. The van der Waals surface area contributed by atoms with Crippen LogP contribution >= 0.6 is 0 Å². The Labute approximate surface area is 134 Å². The first-order valence-electron chi connectivity index (χ1n) is 7.62. The maximum absolute atomic E-state index is 10.7. The Kier molecular flexibility index (Phi) is 14.7. The SMILES string of the molecule is CCC[CH2][SnH]([CH2]CCC)[CH2]CCC.O=S(=O)([O-])C(F)(F)F. The maximum atomic E-state index is 10.7. The van der Waals surface area contributed by atoms with Crippen LogP contribution in [0.3, 0.4) is 0 Å². The summed E-state index contributed by atoms with van der Waals surface area (Å²) in [6.45, 7) is 7.01. The summed E-state index contributed by atoms with van der Waals surface area (Å²) in [6, 6.07) is 0. The van der Waals surface area contributed by atoms with E-state index in [2.05, 4.69) is 20.8 Å². The molecule has 0 spiro atoms. The van der Waals surface area contributed by atoms with Crippen molar-refractivity contribution in [1.82, 2.24) is 0 Å². The van der Waals surface area contributed by atoms with E-state index in [0.29, 0.717) is 0 Å². The molecule has 0 aromatic carbocycles. The van der Waals surface area contributed by atoms with E-state index in [4.69, 9.17) is 13.0 Å². The van der Waals surface area contributed by atoms with Gasteiger partial charge in [-0.15, -0.1) is 0 Å². The minimum Gasteiger partial charge on any atom is -0.741 e. The van der Waals surface area contributed by atoms with Gasteiger partial charge >= 0.3 is 97.9 Å². The van der Waals surface area contributed by atoms with Crippen molar-refractivity contribution in [3.8, 4) is 0 Å². The van der Waals surface area contributed by atoms with Crippen LogP contribution in [0.2, 0.25) is 13.3 Å². The molecule has 0 N–H and O–H groups in total. The third-order valence-electron chi connectivity index (χ3n) is 3.18. The third kappa shape index (κ3) is 15.2. The van der Waals surface area contributed by atoms with Crippen LogP contribution in [0.4, 0.5) is 13.2 Å². The fraction of sp³-hybridized carbons (Fsp3) is 1.00. The van der Waals surface area contributed by atoms with Gasteiger partial charge in [0.2, 0.25) is 0 Å². The number of unbranched alkanes of at least 4 members (excludes halogenated alkanes) is 3. The van der Waals surface area contributed by atoms with Gasteiger partial charge in [-0.25, -0.2) is 8.42 Å². The summed E-state index contributed by atoms with van der Waals surface area (Å²) >= 11 is -0.967. The first-order chi connectivity index (χ1) is 9.60. The van der Waals surface area contributed by atoms with Gasteiger partial charge in [0.15, 0.2) is 10.1 Å². The van der Waals surface area contributed by atoms with Crippen molar-refractivity contribution in [3.05, 3.63) is 0 Å². The molecule has 3 nitrogen and oxygen atoms in total. The quantitative estimate of drug-likeness (QED) is 0.298. The minimum atomic E-state index is -6.09. The van der Waals surface area contributed by atoms with Crippen LogP contribution in [0.5, 0.6) is 0 Å². The Morgan fingerprint density at radius 1 is 0.857 bits per heavy atom. The second kappa shape index (κ2) is 13.0.